The van der Waals surface area contributed by atoms with Crippen LogP contribution in [0.1, 0.15) is 0 Å². The monoisotopic (exact) mass is 245 g/mol. The lowest BCUT2D eigenvalue weighted by Gasteiger charge is -2.08. The highest BCUT2D eigenvalue weighted by atomic mass is 16.1. The van der Waals surface area contributed by atoms with E-state index in [1.165, 1.54) is 19.2 Å². The first kappa shape index (κ1) is 15.6. The third kappa shape index (κ3) is 5.12. The zero-order valence-corrected chi connectivity index (χ0v) is 10.6. The van der Waals surface area contributed by atoms with Gasteiger partial charge in [0, 0.05) is 13.6 Å². The van der Waals surface area contributed by atoms with Crippen molar-refractivity contribution in [2.24, 2.45) is 10.7 Å². The first-order valence-corrected chi connectivity index (χ1v) is 5.38. The Kier molecular flexibility index (Phi) is 7.61. The standard InChI is InChI=1S/C14H19N3O/c1-5-8-11(7-3)10-17-14(18)12(9-6-2)13(15)16-4/h5-9H,1-3,10H2,4H3,(H2,15,16)(H,17,18)/b11-8+,12-9+. The van der Waals surface area contributed by atoms with Gasteiger partial charge in [0.25, 0.3) is 5.91 Å². The molecule has 0 radical (unpaired) electrons. The lowest BCUT2D eigenvalue weighted by Crippen LogP contribution is -2.32. The number of nitrogens with zero attached hydrogens (tertiary/aromatic N) is 1. The lowest BCUT2D eigenvalue weighted by molar-refractivity contribution is -0.116. The van der Waals surface area contributed by atoms with E-state index in [9.17, 15) is 4.79 Å². The molecule has 0 saturated carbocycles. The van der Waals surface area contributed by atoms with E-state index < -0.39 is 0 Å². The molecule has 96 valence electrons. The largest absolute Gasteiger partial charge is 0.383 e. The van der Waals surface area contributed by atoms with Crippen LogP contribution in [-0.4, -0.2) is 25.3 Å². The van der Waals surface area contributed by atoms with Crippen molar-refractivity contribution in [1.29, 1.82) is 0 Å². The Morgan fingerprint density at radius 1 is 1.28 bits per heavy atom. The fourth-order valence-electron chi connectivity index (χ4n) is 1.14. The van der Waals surface area contributed by atoms with Crippen molar-refractivity contribution >= 4 is 11.7 Å². The van der Waals surface area contributed by atoms with E-state index in [1.807, 2.05) is 0 Å². The average molecular weight is 245 g/mol. The molecule has 0 rings (SSSR count). The molecule has 0 heterocycles. The Morgan fingerprint density at radius 3 is 2.33 bits per heavy atom. The summed E-state index contributed by atoms with van der Waals surface area (Å²) in [4.78, 5) is 15.7. The molecule has 18 heavy (non-hydrogen) atoms. The number of rotatable bonds is 7. The van der Waals surface area contributed by atoms with Crippen molar-refractivity contribution in [2.75, 3.05) is 13.6 Å². The molecule has 0 unspecified atom stereocenters. The summed E-state index contributed by atoms with van der Waals surface area (Å²) in [6.07, 6.45) is 8.05. The average Bonchev–Trinajstić information content (AvgIpc) is 2.39. The van der Waals surface area contributed by atoms with Gasteiger partial charge in [-0.05, 0) is 11.6 Å². The van der Waals surface area contributed by atoms with E-state index in [2.05, 4.69) is 30.0 Å². The number of hydrogen-bond donors (Lipinski definition) is 2. The smallest absolute Gasteiger partial charge is 0.255 e. The maximum absolute atomic E-state index is 11.9. The summed E-state index contributed by atoms with van der Waals surface area (Å²) >= 11 is 0. The van der Waals surface area contributed by atoms with Gasteiger partial charge >= 0.3 is 0 Å². The van der Waals surface area contributed by atoms with Crippen molar-refractivity contribution in [2.45, 2.75) is 0 Å². The SMILES string of the molecule is C=C/C=C(\C=C)CNC(=O)/C(=C/C=C)C(N)=NC. The summed E-state index contributed by atoms with van der Waals surface area (Å²) in [5.41, 5.74) is 6.76. The van der Waals surface area contributed by atoms with Gasteiger partial charge < -0.3 is 11.1 Å². The predicted octanol–water partition coefficient (Wildman–Crippen LogP) is 1.50. The fourth-order valence-corrected chi connectivity index (χ4v) is 1.14. The topological polar surface area (TPSA) is 67.5 Å². The molecule has 0 aromatic rings. The van der Waals surface area contributed by atoms with Gasteiger partial charge in [0.15, 0.2) is 0 Å². The molecule has 0 atom stereocenters. The van der Waals surface area contributed by atoms with Gasteiger partial charge in [-0.25, -0.2) is 0 Å². The molecule has 0 aliphatic carbocycles. The van der Waals surface area contributed by atoms with Crippen LogP contribution in [-0.2, 0) is 4.79 Å². The third-order valence-electron chi connectivity index (χ3n) is 2.09. The Bertz CT molecular complexity index is 428. The lowest BCUT2D eigenvalue weighted by atomic mass is 10.2. The molecule has 0 aliphatic rings. The number of carbonyl (C=O) groups is 1. The van der Waals surface area contributed by atoms with Gasteiger partial charge in [-0.15, -0.1) is 0 Å². The Balaban J connectivity index is 4.79. The normalized spacial score (nSPS) is 12.8. The first-order valence-electron chi connectivity index (χ1n) is 5.38. The summed E-state index contributed by atoms with van der Waals surface area (Å²) in [5, 5.41) is 2.72. The number of amides is 1. The molecule has 0 aliphatic heterocycles. The molecule has 3 N–H and O–H groups in total. The van der Waals surface area contributed by atoms with E-state index in [1.54, 1.807) is 18.2 Å². The Labute approximate surface area is 108 Å². The van der Waals surface area contributed by atoms with Gasteiger partial charge in [-0.3, -0.25) is 9.79 Å². The van der Waals surface area contributed by atoms with Gasteiger partial charge in [0.1, 0.15) is 5.84 Å². The van der Waals surface area contributed by atoms with Gasteiger partial charge in [-0.2, -0.15) is 0 Å². The minimum absolute atomic E-state index is 0.167. The molecule has 0 aromatic carbocycles. The van der Waals surface area contributed by atoms with Gasteiger partial charge in [-0.1, -0.05) is 44.0 Å². The summed E-state index contributed by atoms with van der Waals surface area (Å²) in [6, 6.07) is 0. The van der Waals surface area contributed by atoms with Gasteiger partial charge in [0.2, 0.25) is 0 Å². The summed E-state index contributed by atoms with van der Waals surface area (Å²) in [7, 11) is 1.52. The van der Waals surface area contributed by atoms with Crippen LogP contribution < -0.4 is 11.1 Å². The van der Waals surface area contributed by atoms with Crippen molar-refractivity contribution in [3.05, 3.63) is 61.3 Å². The summed E-state index contributed by atoms with van der Waals surface area (Å²) < 4.78 is 0. The van der Waals surface area contributed by atoms with Crippen molar-refractivity contribution in [3.8, 4) is 0 Å². The molecule has 0 spiro atoms. The van der Waals surface area contributed by atoms with E-state index in [4.69, 9.17) is 5.73 Å². The van der Waals surface area contributed by atoms with Crippen LogP contribution in [0.4, 0.5) is 0 Å². The van der Waals surface area contributed by atoms with Crippen molar-refractivity contribution in [1.82, 2.24) is 5.32 Å². The first-order chi connectivity index (χ1) is 8.60. The fraction of sp³-hybridized carbons (Fsp3) is 0.143. The van der Waals surface area contributed by atoms with Crippen LogP contribution in [0.5, 0.6) is 0 Å². The number of carbonyl (C=O) groups excluding carboxylic acids is 1. The van der Waals surface area contributed by atoms with E-state index in [0.29, 0.717) is 6.54 Å². The molecule has 1 amide bonds. The maximum Gasteiger partial charge on any atom is 0.255 e. The van der Waals surface area contributed by atoms with E-state index in [-0.39, 0.29) is 17.3 Å². The second-order valence-electron chi connectivity index (χ2n) is 3.29. The predicted molar refractivity (Wildman–Crippen MR) is 77.3 cm³/mol. The highest BCUT2D eigenvalue weighted by molar-refractivity contribution is 6.20. The number of hydrogen-bond acceptors (Lipinski definition) is 2. The minimum atomic E-state index is -0.310. The molecule has 0 aromatic heterocycles. The third-order valence-corrected chi connectivity index (χ3v) is 2.09. The second kappa shape index (κ2) is 8.75. The van der Waals surface area contributed by atoms with Crippen LogP contribution in [0.15, 0.2) is 66.3 Å². The number of allylic oxidation sites excluding steroid dienone is 4. The van der Waals surface area contributed by atoms with Gasteiger partial charge in [0.05, 0.1) is 5.57 Å². The molecular weight excluding hydrogens is 226 g/mol. The highest BCUT2D eigenvalue weighted by Crippen LogP contribution is 1.98. The molecule has 4 nitrogen and oxygen atoms in total. The van der Waals surface area contributed by atoms with Crippen LogP contribution in [0.25, 0.3) is 0 Å². The zero-order valence-electron chi connectivity index (χ0n) is 10.6. The van der Waals surface area contributed by atoms with Crippen LogP contribution in [0, 0.1) is 0 Å². The van der Waals surface area contributed by atoms with Crippen LogP contribution in [0.3, 0.4) is 0 Å². The van der Waals surface area contributed by atoms with E-state index >= 15 is 0 Å². The number of nitrogens with one attached hydrogen (secondary N) is 1. The number of nitrogens with two attached hydrogens (primary N) is 1. The maximum atomic E-state index is 11.9. The highest BCUT2D eigenvalue weighted by Gasteiger charge is 2.11. The number of aliphatic imine (C=N–C) groups is 1. The number of amidine groups is 1. The molecule has 0 saturated heterocycles. The minimum Gasteiger partial charge on any atom is -0.383 e. The molecule has 0 fully saturated rings. The second-order valence-corrected chi connectivity index (χ2v) is 3.29. The quantitative estimate of drug-likeness (QED) is 0.309. The Hall–Kier alpha value is -2.36. The van der Waals surface area contributed by atoms with E-state index in [0.717, 1.165) is 5.57 Å². The molecule has 0 bridgehead atoms. The van der Waals surface area contributed by atoms with Crippen LogP contribution >= 0.6 is 0 Å². The van der Waals surface area contributed by atoms with Crippen LogP contribution in [0.2, 0.25) is 0 Å². The molecule has 4 heteroatoms. The molecular formula is C14H19N3O. The summed E-state index contributed by atoms with van der Waals surface area (Å²) in [6.45, 7) is 11.1. The Morgan fingerprint density at radius 2 is 1.89 bits per heavy atom. The van der Waals surface area contributed by atoms with Crippen molar-refractivity contribution in [3.63, 3.8) is 0 Å². The summed E-state index contributed by atoms with van der Waals surface area (Å²) in [5.74, 6) is -0.143. The van der Waals surface area contributed by atoms with Crippen molar-refractivity contribution < 1.29 is 4.79 Å². The zero-order chi connectivity index (χ0) is 14.0.